The van der Waals surface area contributed by atoms with Crippen molar-refractivity contribution in [1.29, 1.82) is 0 Å². The molecule has 0 bridgehead atoms. The Kier molecular flexibility index (Phi) is 4.83. The van der Waals surface area contributed by atoms with Gasteiger partial charge in [0.15, 0.2) is 5.13 Å². The van der Waals surface area contributed by atoms with E-state index in [4.69, 9.17) is 0 Å². The molecular weight excluding hydrogens is 304 g/mol. The van der Waals surface area contributed by atoms with E-state index in [1.807, 2.05) is 48.7 Å². The van der Waals surface area contributed by atoms with Gasteiger partial charge in [-0.1, -0.05) is 49.4 Å². The molecule has 23 heavy (non-hydrogen) atoms. The van der Waals surface area contributed by atoms with Crippen LogP contribution in [0.1, 0.15) is 33.3 Å². The molecule has 0 saturated carbocycles. The highest BCUT2D eigenvalue weighted by molar-refractivity contribution is 7.15. The lowest BCUT2D eigenvalue weighted by atomic mass is 10.1. The fourth-order valence-corrected chi connectivity index (χ4v) is 3.15. The zero-order chi connectivity index (χ0) is 16.1. The lowest BCUT2D eigenvalue weighted by molar-refractivity contribution is 0.102. The third-order valence-electron chi connectivity index (χ3n) is 3.62. The number of hydrogen-bond acceptors (Lipinski definition) is 3. The lowest BCUT2D eigenvalue weighted by Crippen LogP contribution is -2.11. The second-order valence-corrected chi connectivity index (χ2v) is 6.41. The van der Waals surface area contributed by atoms with Gasteiger partial charge < -0.3 is 0 Å². The number of aromatic nitrogens is 1. The molecule has 4 heteroatoms. The summed E-state index contributed by atoms with van der Waals surface area (Å²) in [5.41, 5.74) is 3.12. The van der Waals surface area contributed by atoms with Crippen LogP contribution < -0.4 is 5.32 Å². The summed E-state index contributed by atoms with van der Waals surface area (Å²) in [6, 6.07) is 17.9. The van der Waals surface area contributed by atoms with E-state index in [1.165, 1.54) is 22.5 Å². The third-order valence-corrected chi connectivity index (χ3v) is 4.53. The first kappa shape index (κ1) is 15.4. The standard InChI is InChI=1S/C19H18N2OS/c1-2-14-8-10-16(11-9-14)18(22)21-19-20-13-17(23-19)12-15-6-4-3-5-7-15/h3-11,13H,2,12H2,1H3,(H,20,21,22). The monoisotopic (exact) mass is 322 g/mol. The molecule has 2 aromatic carbocycles. The molecule has 116 valence electrons. The summed E-state index contributed by atoms with van der Waals surface area (Å²) in [6.45, 7) is 2.10. The topological polar surface area (TPSA) is 42.0 Å². The Morgan fingerprint density at radius 2 is 1.78 bits per heavy atom. The first-order valence-electron chi connectivity index (χ1n) is 7.63. The summed E-state index contributed by atoms with van der Waals surface area (Å²) in [6.07, 6.45) is 3.63. The van der Waals surface area contributed by atoms with Crippen molar-refractivity contribution in [3.63, 3.8) is 0 Å². The Hall–Kier alpha value is -2.46. The van der Waals surface area contributed by atoms with E-state index in [9.17, 15) is 4.79 Å². The number of amides is 1. The van der Waals surface area contributed by atoms with Crippen LogP contribution in [0.4, 0.5) is 5.13 Å². The van der Waals surface area contributed by atoms with Crippen LogP contribution in [0.5, 0.6) is 0 Å². The largest absolute Gasteiger partial charge is 0.298 e. The average molecular weight is 322 g/mol. The Bertz CT molecular complexity index is 779. The molecule has 3 rings (SSSR count). The van der Waals surface area contributed by atoms with Gasteiger partial charge in [-0.15, -0.1) is 11.3 Å². The number of nitrogens with one attached hydrogen (secondary N) is 1. The van der Waals surface area contributed by atoms with Crippen molar-refractivity contribution >= 4 is 22.4 Å². The Morgan fingerprint density at radius 1 is 1.04 bits per heavy atom. The van der Waals surface area contributed by atoms with Gasteiger partial charge in [0.1, 0.15) is 0 Å². The second kappa shape index (κ2) is 7.20. The number of benzene rings is 2. The molecule has 0 radical (unpaired) electrons. The summed E-state index contributed by atoms with van der Waals surface area (Å²) < 4.78 is 0. The molecule has 0 fully saturated rings. The summed E-state index contributed by atoms with van der Waals surface area (Å²) in [4.78, 5) is 17.7. The molecule has 0 aliphatic heterocycles. The molecule has 0 aliphatic rings. The number of thiazole rings is 1. The van der Waals surface area contributed by atoms with Crippen LogP contribution in [0.15, 0.2) is 60.8 Å². The van der Waals surface area contributed by atoms with Crippen molar-refractivity contribution < 1.29 is 4.79 Å². The first-order valence-corrected chi connectivity index (χ1v) is 8.45. The van der Waals surface area contributed by atoms with Gasteiger partial charge in [0, 0.05) is 23.1 Å². The average Bonchev–Trinajstić information content (AvgIpc) is 3.02. The number of carbonyl (C=O) groups excluding carboxylic acids is 1. The number of carbonyl (C=O) groups is 1. The maximum atomic E-state index is 12.2. The number of hydrogen-bond donors (Lipinski definition) is 1. The van der Waals surface area contributed by atoms with Crippen LogP contribution in [0.2, 0.25) is 0 Å². The van der Waals surface area contributed by atoms with Crippen molar-refractivity contribution in [2.45, 2.75) is 19.8 Å². The molecule has 0 unspecified atom stereocenters. The summed E-state index contributed by atoms with van der Waals surface area (Å²) in [7, 11) is 0. The van der Waals surface area contributed by atoms with Gasteiger partial charge in [0.05, 0.1) is 0 Å². The number of nitrogens with zero attached hydrogens (tertiary/aromatic N) is 1. The van der Waals surface area contributed by atoms with Gasteiger partial charge in [-0.3, -0.25) is 10.1 Å². The maximum absolute atomic E-state index is 12.2. The fourth-order valence-electron chi connectivity index (χ4n) is 2.31. The van der Waals surface area contributed by atoms with E-state index >= 15 is 0 Å². The molecule has 0 atom stereocenters. The molecule has 0 spiro atoms. The Balaban J connectivity index is 1.65. The predicted octanol–water partition coefficient (Wildman–Crippen LogP) is 4.55. The van der Waals surface area contributed by atoms with E-state index in [1.54, 1.807) is 0 Å². The van der Waals surface area contributed by atoms with Crippen molar-refractivity contribution in [2.75, 3.05) is 5.32 Å². The highest BCUT2D eigenvalue weighted by Gasteiger charge is 2.09. The van der Waals surface area contributed by atoms with Crippen LogP contribution in [-0.2, 0) is 12.8 Å². The SMILES string of the molecule is CCc1ccc(C(=O)Nc2ncc(Cc3ccccc3)s2)cc1. The van der Waals surface area contributed by atoms with Crippen LogP contribution in [0.3, 0.4) is 0 Å². The second-order valence-electron chi connectivity index (χ2n) is 5.30. The van der Waals surface area contributed by atoms with Crippen molar-refractivity contribution in [3.8, 4) is 0 Å². The highest BCUT2D eigenvalue weighted by Crippen LogP contribution is 2.21. The van der Waals surface area contributed by atoms with Gasteiger partial charge in [-0.25, -0.2) is 4.98 Å². The van der Waals surface area contributed by atoms with Crippen LogP contribution in [-0.4, -0.2) is 10.9 Å². The van der Waals surface area contributed by atoms with Crippen LogP contribution >= 0.6 is 11.3 Å². The summed E-state index contributed by atoms with van der Waals surface area (Å²) in [5.74, 6) is -0.117. The molecule has 1 heterocycles. The van der Waals surface area contributed by atoms with Crippen molar-refractivity contribution in [2.24, 2.45) is 0 Å². The minimum Gasteiger partial charge on any atom is -0.298 e. The quantitative estimate of drug-likeness (QED) is 0.749. The number of aryl methyl sites for hydroxylation is 1. The van der Waals surface area contributed by atoms with Crippen LogP contribution in [0, 0.1) is 0 Å². The molecule has 0 aliphatic carbocycles. The molecular formula is C19H18N2OS. The molecule has 3 nitrogen and oxygen atoms in total. The zero-order valence-electron chi connectivity index (χ0n) is 13.0. The summed E-state index contributed by atoms with van der Waals surface area (Å²) >= 11 is 1.52. The summed E-state index contributed by atoms with van der Waals surface area (Å²) in [5, 5.41) is 3.51. The molecule has 0 saturated heterocycles. The Labute approximate surface area is 140 Å². The number of anilines is 1. The van der Waals surface area contributed by atoms with Crippen LogP contribution in [0.25, 0.3) is 0 Å². The lowest BCUT2D eigenvalue weighted by Gasteiger charge is -2.02. The molecule has 1 aromatic heterocycles. The molecule has 3 aromatic rings. The van der Waals surface area contributed by atoms with E-state index in [0.29, 0.717) is 10.7 Å². The first-order chi connectivity index (χ1) is 11.2. The smallest absolute Gasteiger partial charge is 0.257 e. The van der Waals surface area contributed by atoms with Crippen molar-refractivity contribution in [3.05, 3.63) is 82.4 Å². The van der Waals surface area contributed by atoms with E-state index < -0.39 is 0 Å². The van der Waals surface area contributed by atoms with Gasteiger partial charge in [-0.2, -0.15) is 0 Å². The van der Waals surface area contributed by atoms with E-state index in [-0.39, 0.29) is 5.91 Å². The zero-order valence-corrected chi connectivity index (χ0v) is 13.8. The van der Waals surface area contributed by atoms with Gasteiger partial charge in [0.2, 0.25) is 0 Å². The van der Waals surface area contributed by atoms with Crippen molar-refractivity contribution in [1.82, 2.24) is 4.98 Å². The minimum absolute atomic E-state index is 0.117. The van der Waals surface area contributed by atoms with Gasteiger partial charge in [0.25, 0.3) is 5.91 Å². The van der Waals surface area contributed by atoms with Gasteiger partial charge in [-0.05, 0) is 29.7 Å². The van der Waals surface area contributed by atoms with E-state index in [0.717, 1.165) is 17.7 Å². The maximum Gasteiger partial charge on any atom is 0.257 e. The fraction of sp³-hybridized carbons (Fsp3) is 0.158. The predicted molar refractivity (Wildman–Crippen MR) is 95.1 cm³/mol. The molecule has 1 amide bonds. The van der Waals surface area contributed by atoms with Gasteiger partial charge >= 0.3 is 0 Å². The normalized spacial score (nSPS) is 10.5. The third kappa shape index (κ3) is 4.05. The highest BCUT2D eigenvalue weighted by atomic mass is 32.1. The minimum atomic E-state index is -0.117. The number of rotatable bonds is 5. The van der Waals surface area contributed by atoms with E-state index in [2.05, 4.69) is 29.4 Å². The molecule has 1 N–H and O–H groups in total. The Morgan fingerprint density at radius 3 is 2.48 bits per heavy atom.